The molecule has 12 heavy (non-hydrogen) atoms. The highest BCUT2D eigenvalue weighted by Crippen LogP contribution is 2.16. The molecule has 0 radical (unpaired) electrons. The Kier molecular flexibility index (Phi) is 2.88. The molecule has 1 atom stereocenters. The number of aliphatic hydroxyl groups is 2. The molecule has 1 rings (SSSR count). The summed E-state index contributed by atoms with van der Waals surface area (Å²) in [6, 6.07) is 0. The second kappa shape index (κ2) is 3.73. The monoisotopic (exact) mass is 175 g/mol. The SMILES string of the molecule is CN1CC(C(CO)CO)OC1=O. The van der Waals surface area contributed by atoms with Crippen molar-refractivity contribution < 1.29 is 19.7 Å². The van der Waals surface area contributed by atoms with Crippen LogP contribution in [-0.2, 0) is 4.74 Å². The minimum atomic E-state index is -0.396. The summed E-state index contributed by atoms with van der Waals surface area (Å²) in [6.07, 6.45) is -0.774. The van der Waals surface area contributed by atoms with Crippen molar-refractivity contribution in [1.82, 2.24) is 4.90 Å². The van der Waals surface area contributed by atoms with Gasteiger partial charge in [-0.05, 0) is 0 Å². The lowest BCUT2D eigenvalue weighted by atomic mass is 10.1. The van der Waals surface area contributed by atoms with Gasteiger partial charge in [0.25, 0.3) is 0 Å². The Hall–Kier alpha value is -0.810. The summed E-state index contributed by atoms with van der Waals surface area (Å²) in [6.45, 7) is 0.106. The second-order valence-electron chi connectivity index (χ2n) is 2.93. The van der Waals surface area contributed by atoms with E-state index in [-0.39, 0.29) is 25.2 Å². The number of aliphatic hydroxyl groups excluding tert-OH is 2. The quantitative estimate of drug-likeness (QED) is 0.579. The molecule has 0 bridgehead atoms. The lowest BCUT2D eigenvalue weighted by Gasteiger charge is -2.16. The number of cyclic esters (lactones) is 1. The third-order valence-corrected chi connectivity index (χ3v) is 2.01. The third-order valence-electron chi connectivity index (χ3n) is 2.01. The highest BCUT2D eigenvalue weighted by molar-refractivity contribution is 5.69. The number of ether oxygens (including phenoxy) is 1. The van der Waals surface area contributed by atoms with E-state index in [2.05, 4.69) is 0 Å². The Labute approximate surface area is 70.5 Å². The highest BCUT2D eigenvalue weighted by Gasteiger charge is 2.33. The lowest BCUT2D eigenvalue weighted by Crippen LogP contribution is -2.30. The molecule has 5 nitrogen and oxygen atoms in total. The van der Waals surface area contributed by atoms with E-state index in [9.17, 15) is 4.79 Å². The van der Waals surface area contributed by atoms with E-state index >= 15 is 0 Å². The predicted octanol–water partition coefficient (Wildman–Crippen LogP) is -0.962. The molecule has 1 aliphatic heterocycles. The van der Waals surface area contributed by atoms with Gasteiger partial charge in [0.2, 0.25) is 0 Å². The Bertz CT molecular complexity index is 169. The molecule has 5 heteroatoms. The van der Waals surface area contributed by atoms with Crippen LogP contribution >= 0.6 is 0 Å². The minimum absolute atomic E-state index is 0.164. The Morgan fingerprint density at radius 1 is 1.67 bits per heavy atom. The summed E-state index contributed by atoms with van der Waals surface area (Å²) in [4.78, 5) is 12.3. The van der Waals surface area contributed by atoms with Gasteiger partial charge in [0, 0.05) is 13.0 Å². The van der Waals surface area contributed by atoms with Crippen molar-refractivity contribution in [3.63, 3.8) is 0 Å². The molecule has 1 unspecified atom stereocenters. The van der Waals surface area contributed by atoms with Gasteiger partial charge in [0.05, 0.1) is 19.8 Å². The van der Waals surface area contributed by atoms with Crippen molar-refractivity contribution >= 4 is 6.09 Å². The normalized spacial score (nSPS) is 23.5. The van der Waals surface area contributed by atoms with Crippen molar-refractivity contribution in [1.29, 1.82) is 0 Å². The number of amides is 1. The molecule has 1 heterocycles. The molecule has 1 fully saturated rings. The first kappa shape index (κ1) is 9.28. The van der Waals surface area contributed by atoms with Crippen LogP contribution in [0.15, 0.2) is 0 Å². The van der Waals surface area contributed by atoms with E-state index in [1.807, 2.05) is 0 Å². The summed E-state index contributed by atoms with van der Waals surface area (Å²) in [5.74, 6) is -0.362. The zero-order valence-corrected chi connectivity index (χ0v) is 6.93. The number of rotatable bonds is 3. The summed E-state index contributed by atoms with van der Waals surface area (Å²) >= 11 is 0. The second-order valence-corrected chi connectivity index (χ2v) is 2.93. The van der Waals surface area contributed by atoms with Crippen LogP contribution in [0.1, 0.15) is 0 Å². The van der Waals surface area contributed by atoms with Crippen LogP contribution in [-0.4, -0.2) is 54.1 Å². The van der Waals surface area contributed by atoms with Crippen LogP contribution < -0.4 is 0 Å². The Morgan fingerprint density at radius 3 is 2.58 bits per heavy atom. The van der Waals surface area contributed by atoms with E-state index < -0.39 is 6.09 Å². The van der Waals surface area contributed by atoms with Gasteiger partial charge in [-0.2, -0.15) is 0 Å². The molecule has 0 aromatic carbocycles. The van der Waals surface area contributed by atoms with Crippen LogP contribution in [0, 0.1) is 5.92 Å². The van der Waals surface area contributed by atoms with Gasteiger partial charge < -0.3 is 19.8 Å². The van der Waals surface area contributed by atoms with E-state index in [1.165, 1.54) is 4.90 Å². The van der Waals surface area contributed by atoms with Gasteiger partial charge in [0.15, 0.2) is 0 Å². The Morgan fingerprint density at radius 2 is 2.25 bits per heavy atom. The van der Waals surface area contributed by atoms with Crippen molar-refractivity contribution in [3.05, 3.63) is 0 Å². The fourth-order valence-electron chi connectivity index (χ4n) is 1.14. The van der Waals surface area contributed by atoms with Gasteiger partial charge in [-0.15, -0.1) is 0 Å². The zero-order chi connectivity index (χ0) is 9.14. The molecular formula is C7H13NO4. The van der Waals surface area contributed by atoms with E-state index in [0.717, 1.165) is 0 Å². The van der Waals surface area contributed by atoms with Gasteiger partial charge in [-0.25, -0.2) is 4.79 Å². The van der Waals surface area contributed by atoms with Crippen LogP contribution in [0.2, 0.25) is 0 Å². The molecule has 2 N–H and O–H groups in total. The maximum atomic E-state index is 10.9. The average Bonchev–Trinajstić information content (AvgIpc) is 2.35. The number of likely N-dealkylation sites (N-methyl/N-ethyl adjacent to an activating group) is 1. The molecule has 1 saturated heterocycles. The van der Waals surface area contributed by atoms with Crippen LogP contribution in [0.4, 0.5) is 4.79 Å². The fraction of sp³-hybridized carbons (Fsp3) is 0.857. The van der Waals surface area contributed by atoms with Crippen LogP contribution in [0.25, 0.3) is 0 Å². The predicted molar refractivity (Wildman–Crippen MR) is 40.6 cm³/mol. The fourth-order valence-corrected chi connectivity index (χ4v) is 1.14. The summed E-state index contributed by atoms with van der Waals surface area (Å²) < 4.78 is 4.88. The molecule has 70 valence electrons. The zero-order valence-electron chi connectivity index (χ0n) is 6.93. The summed E-state index contributed by atoms with van der Waals surface area (Å²) in [7, 11) is 1.62. The van der Waals surface area contributed by atoms with E-state index in [0.29, 0.717) is 6.54 Å². The molecule has 0 aliphatic carbocycles. The van der Waals surface area contributed by atoms with Crippen molar-refractivity contribution in [2.45, 2.75) is 6.10 Å². The maximum Gasteiger partial charge on any atom is 0.409 e. The molecule has 0 aromatic heterocycles. The van der Waals surface area contributed by atoms with Crippen molar-refractivity contribution in [3.8, 4) is 0 Å². The molecular weight excluding hydrogens is 162 g/mol. The lowest BCUT2D eigenvalue weighted by molar-refractivity contribution is 0.0432. The number of carbonyl (C=O) groups excluding carboxylic acids is 1. The number of hydrogen-bond acceptors (Lipinski definition) is 4. The van der Waals surface area contributed by atoms with Gasteiger partial charge in [-0.3, -0.25) is 0 Å². The van der Waals surface area contributed by atoms with Crippen molar-refractivity contribution in [2.75, 3.05) is 26.8 Å². The highest BCUT2D eigenvalue weighted by atomic mass is 16.6. The van der Waals surface area contributed by atoms with Gasteiger partial charge >= 0.3 is 6.09 Å². The van der Waals surface area contributed by atoms with Gasteiger partial charge in [0.1, 0.15) is 6.10 Å². The molecule has 0 spiro atoms. The first-order valence-electron chi connectivity index (χ1n) is 3.82. The summed E-state index contributed by atoms with van der Waals surface area (Å²) in [5.41, 5.74) is 0. The molecule has 0 saturated carbocycles. The maximum absolute atomic E-state index is 10.9. The number of nitrogens with zero attached hydrogens (tertiary/aromatic N) is 1. The van der Waals surface area contributed by atoms with Crippen molar-refractivity contribution in [2.24, 2.45) is 5.92 Å². The number of hydrogen-bond donors (Lipinski definition) is 2. The standard InChI is InChI=1S/C7H13NO4/c1-8-2-6(12-7(8)11)5(3-9)4-10/h5-6,9-10H,2-4H2,1H3. The first-order chi connectivity index (χ1) is 5.69. The summed E-state index contributed by atoms with van der Waals surface area (Å²) in [5, 5.41) is 17.6. The smallest absolute Gasteiger partial charge is 0.409 e. The number of carbonyl (C=O) groups is 1. The minimum Gasteiger partial charge on any atom is -0.444 e. The molecule has 0 aromatic rings. The molecule has 1 amide bonds. The largest absolute Gasteiger partial charge is 0.444 e. The van der Waals surface area contributed by atoms with Crippen LogP contribution in [0.5, 0.6) is 0 Å². The first-order valence-corrected chi connectivity index (χ1v) is 3.82. The Balaban J connectivity index is 2.49. The topological polar surface area (TPSA) is 70.0 Å². The van der Waals surface area contributed by atoms with Crippen LogP contribution in [0.3, 0.4) is 0 Å². The van der Waals surface area contributed by atoms with E-state index in [1.54, 1.807) is 7.05 Å². The average molecular weight is 175 g/mol. The third kappa shape index (κ3) is 1.67. The van der Waals surface area contributed by atoms with Gasteiger partial charge in [-0.1, -0.05) is 0 Å². The van der Waals surface area contributed by atoms with E-state index in [4.69, 9.17) is 14.9 Å². The molecule has 1 aliphatic rings.